The Morgan fingerprint density at radius 2 is 2.31 bits per heavy atom. The number of hydrogen-bond donors (Lipinski definition) is 1. The fourth-order valence-corrected chi connectivity index (χ4v) is 0.999. The molecule has 0 spiro atoms. The lowest BCUT2D eigenvalue weighted by molar-refractivity contribution is 0.247. The Balaban J connectivity index is 2.72. The van der Waals surface area contributed by atoms with Gasteiger partial charge >= 0.3 is 6.03 Å². The highest BCUT2D eigenvalue weighted by Crippen LogP contribution is 2.14. The summed E-state index contributed by atoms with van der Waals surface area (Å²) in [6.07, 6.45) is 0. The lowest BCUT2D eigenvalue weighted by Gasteiger charge is -2.02. The van der Waals surface area contributed by atoms with Crippen LogP contribution in [0.2, 0.25) is 5.02 Å². The number of amides is 2. The van der Waals surface area contributed by atoms with Gasteiger partial charge in [-0.2, -0.15) is 0 Å². The van der Waals surface area contributed by atoms with Gasteiger partial charge in [0.1, 0.15) is 5.82 Å². The minimum absolute atomic E-state index is 0.00529. The number of rotatable bonds is 2. The zero-order valence-electron chi connectivity index (χ0n) is 6.60. The largest absolute Gasteiger partial charge is 0.333 e. The molecule has 3 nitrogen and oxygen atoms in total. The predicted octanol–water partition coefficient (Wildman–Crippen LogP) is 1.97. The van der Waals surface area contributed by atoms with Crippen molar-refractivity contribution in [1.29, 1.82) is 0 Å². The monoisotopic (exact) mass is 201 g/mol. The van der Waals surface area contributed by atoms with E-state index in [-0.39, 0.29) is 6.54 Å². The van der Waals surface area contributed by atoms with Crippen LogP contribution in [-0.4, -0.2) is 6.03 Å². The molecule has 1 radical (unpaired) electrons. The van der Waals surface area contributed by atoms with E-state index in [2.05, 4.69) is 5.32 Å². The van der Waals surface area contributed by atoms with Gasteiger partial charge < -0.3 is 5.32 Å². The van der Waals surface area contributed by atoms with Crippen LogP contribution < -0.4 is 11.1 Å². The van der Waals surface area contributed by atoms with Crippen molar-refractivity contribution in [3.05, 3.63) is 34.6 Å². The minimum Gasteiger partial charge on any atom is -0.333 e. The van der Waals surface area contributed by atoms with E-state index in [9.17, 15) is 9.18 Å². The molecule has 1 aromatic carbocycles. The first kappa shape index (κ1) is 9.80. The van der Waals surface area contributed by atoms with Crippen molar-refractivity contribution in [2.75, 3.05) is 0 Å². The summed E-state index contributed by atoms with van der Waals surface area (Å²) in [5.41, 5.74) is 6.85. The number of carbonyl (C=O) groups excluding carboxylic acids is 1. The maximum absolute atomic E-state index is 13.0. The molecule has 2 N–H and O–H groups in total. The maximum Gasteiger partial charge on any atom is 0.333 e. The summed E-state index contributed by atoms with van der Waals surface area (Å²) in [6, 6.07) is 3.21. The molecule has 0 atom stereocenters. The summed E-state index contributed by atoms with van der Waals surface area (Å²) in [4.78, 5) is 10.2. The highest BCUT2D eigenvalue weighted by molar-refractivity contribution is 6.30. The van der Waals surface area contributed by atoms with Crippen molar-refractivity contribution in [2.45, 2.75) is 6.54 Å². The predicted molar refractivity (Wildman–Crippen MR) is 46.7 cm³/mol. The van der Waals surface area contributed by atoms with Gasteiger partial charge in [0.15, 0.2) is 0 Å². The molecule has 1 aromatic rings. The third kappa shape index (κ3) is 2.91. The zero-order valence-corrected chi connectivity index (χ0v) is 7.36. The Labute approximate surface area is 79.7 Å². The third-order valence-electron chi connectivity index (χ3n) is 1.45. The van der Waals surface area contributed by atoms with Gasteiger partial charge in [0.2, 0.25) is 0 Å². The molecular weight excluding hydrogens is 195 g/mol. The second kappa shape index (κ2) is 4.09. The number of benzene rings is 1. The normalized spacial score (nSPS) is 9.69. The SMILES string of the molecule is [NH]C(=O)NCc1ccc(Cl)cc1F. The molecule has 0 saturated heterocycles. The highest BCUT2D eigenvalue weighted by Gasteiger charge is 2.03. The lowest BCUT2D eigenvalue weighted by atomic mass is 10.2. The molecule has 0 saturated carbocycles. The molecule has 0 unspecified atom stereocenters. The van der Waals surface area contributed by atoms with Crippen LogP contribution in [0.4, 0.5) is 9.18 Å². The van der Waals surface area contributed by atoms with Gasteiger partial charge in [-0.05, 0) is 12.1 Å². The average molecular weight is 202 g/mol. The molecule has 0 fully saturated rings. The fourth-order valence-electron chi connectivity index (χ4n) is 0.841. The molecule has 0 heterocycles. The van der Waals surface area contributed by atoms with E-state index in [0.717, 1.165) is 6.07 Å². The maximum atomic E-state index is 13.0. The molecule has 0 bridgehead atoms. The number of hydrogen-bond acceptors (Lipinski definition) is 1. The molecular formula is C8H7ClFN2O. The smallest absolute Gasteiger partial charge is 0.333 e. The standard InChI is InChI=1S/C8H7ClFN2O/c9-6-2-1-5(7(10)3-6)4-12-8(11)13/h1-3,11H,4H2,(H,12,13). The quantitative estimate of drug-likeness (QED) is 0.782. The molecule has 13 heavy (non-hydrogen) atoms. The summed E-state index contributed by atoms with van der Waals surface area (Å²) in [6.45, 7) is 0.00529. The van der Waals surface area contributed by atoms with E-state index >= 15 is 0 Å². The van der Waals surface area contributed by atoms with E-state index in [1.165, 1.54) is 12.1 Å². The molecule has 0 aliphatic rings. The molecule has 0 aliphatic heterocycles. The van der Waals surface area contributed by atoms with Crippen LogP contribution in [0.1, 0.15) is 5.56 Å². The number of carbonyl (C=O) groups is 1. The minimum atomic E-state index is -0.936. The molecule has 69 valence electrons. The van der Waals surface area contributed by atoms with Crippen molar-refractivity contribution < 1.29 is 9.18 Å². The topological polar surface area (TPSA) is 52.9 Å². The summed E-state index contributed by atoms with van der Waals surface area (Å²) in [5, 5.41) is 2.47. The Hall–Kier alpha value is -1.29. The van der Waals surface area contributed by atoms with E-state index in [0.29, 0.717) is 10.6 Å². The summed E-state index contributed by atoms with van der Waals surface area (Å²) in [7, 11) is 0. The lowest BCUT2D eigenvalue weighted by Crippen LogP contribution is -2.22. The summed E-state index contributed by atoms with van der Waals surface area (Å²) >= 11 is 5.52. The van der Waals surface area contributed by atoms with Crippen molar-refractivity contribution >= 4 is 17.6 Å². The highest BCUT2D eigenvalue weighted by atomic mass is 35.5. The Morgan fingerprint density at radius 1 is 1.62 bits per heavy atom. The number of halogens is 2. The van der Waals surface area contributed by atoms with Gasteiger partial charge in [-0.3, -0.25) is 0 Å². The Morgan fingerprint density at radius 3 is 2.85 bits per heavy atom. The second-order valence-electron chi connectivity index (χ2n) is 2.42. The van der Waals surface area contributed by atoms with Crippen molar-refractivity contribution in [2.24, 2.45) is 0 Å². The number of nitrogens with one attached hydrogen (secondary N) is 2. The van der Waals surface area contributed by atoms with Crippen LogP contribution in [-0.2, 0) is 6.54 Å². The van der Waals surface area contributed by atoms with E-state index in [1.54, 1.807) is 0 Å². The molecule has 1 rings (SSSR count). The van der Waals surface area contributed by atoms with Crippen molar-refractivity contribution in [3.8, 4) is 0 Å². The van der Waals surface area contributed by atoms with Gasteiger partial charge in [0.05, 0.1) is 0 Å². The van der Waals surface area contributed by atoms with Gasteiger partial charge in [-0.15, -0.1) is 0 Å². The van der Waals surface area contributed by atoms with Gasteiger partial charge in [-0.25, -0.2) is 14.9 Å². The Kier molecular flexibility index (Phi) is 3.08. The first-order valence-corrected chi connectivity index (χ1v) is 3.91. The summed E-state index contributed by atoms with van der Waals surface area (Å²) in [5.74, 6) is -0.485. The van der Waals surface area contributed by atoms with Crippen LogP contribution in [0.3, 0.4) is 0 Å². The van der Waals surface area contributed by atoms with Crippen LogP contribution in [0, 0.1) is 5.82 Å². The fraction of sp³-hybridized carbons (Fsp3) is 0.125. The Bertz CT molecular complexity index is 330. The van der Waals surface area contributed by atoms with Crippen LogP contribution in [0.5, 0.6) is 0 Å². The first-order valence-electron chi connectivity index (χ1n) is 3.53. The van der Waals surface area contributed by atoms with E-state index in [1.807, 2.05) is 0 Å². The summed E-state index contributed by atoms with van der Waals surface area (Å²) < 4.78 is 13.0. The second-order valence-corrected chi connectivity index (χ2v) is 2.85. The van der Waals surface area contributed by atoms with Gasteiger partial charge in [-0.1, -0.05) is 17.7 Å². The van der Waals surface area contributed by atoms with Crippen molar-refractivity contribution in [1.82, 2.24) is 11.1 Å². The van der Waals surface area contributed by atoms with E-state index < -0.39 is 11.8 Å². The van der Waals surface area contributed by atoms with E-state index in [4.69, 9.17) is 17.3 Å². The van der Waals surface area contributed by atoms with Crippen LogP contribution in [0.25, 0.3) is 0 Å². The van der Waals surface area contributed by atoms with Gasteiger partial charge in [0, 0.05) is 17.1 Å². The van der Waals surface area contributed by atoms with Crippen LogP contribution in [0.15, 0.2) is 18.2 Å². The molecule has 0 aliphatic carbocycles. The molecule has 5 heteroatoms. The van der Waals surface area contributed by atoms with Crippen molar-refractivity contribution in [3.63, 3.8) is 0 Å². The van der Waals surface area contributed by atoms with Crippen LogP contribution >= 0.6 is 11.6 Å². The zero-order chi connectivity index (χ0) is 9.84. The number of urea groups is 1. The average Bonchev–Trinajstić information content (AvgIpc) is 2.02. The third-order valence-corrected chi connectivity index (χ3v) is 1.69. The molecule has 0 aromatic heterocycles. The molecule has 2 amide bonds. The first-order chi connectivity index (χ1) is 6.09. The van der Waals surface area contributed by atoms with Gasteiger partial charge in [0.25, 0.3) is 0 Å².